The molecule has 0 atom stereocenters. The van der Waals surface area contributed by atoms with Crippen LogP contribution in [0.2, 0.25) is 0 Å². The van der Waals surface area contributed by atoms with Gasteiger partial charge in [-0.1, -0.05) is 69.5 Å². The van der Waals surface area contributed by atoms with E-state index in [-0.39, 0.29) is 0 Å². The van der Waals surface area contributed by atoms with Crippen molar-refractivity contribution >= 4 is 5.97 Å². The normalized spacial score (nSPS) is 10.7. The second kappa shape index (κ2) is 8.52. The number of benzene rings is 2. The molecule has 2 aromatic rings. The molecular weight excluding hydrogens is 284 g/mol. The molecular formula is C21H26O2. The maximum absolute atomic E-state index is 11.5. The highest BCUT2D eigenvalue weighted by molar-refractivity contribution is 5.96. The van der Waals surface area contributed by atoms with Crippen LogP contribution in [0.4, 0.5) is 0 Å². The van der Waals surface area contributed by atoms with E-state index in [1.165, 1.54) is 24.0 Å². The van der Waals surface area contributed by atoms with E-state index in [1.807, 2.05) is 24.3 Å². The van der Waals surface area contributed by atoms with Crippen LogP contribution in [0.15, 0.2) is 42.5 Å². The van der Waals surface area contributed by atoms with E-state index < -0.39 is 5.97 Å². The first-order valence-electron chi connectivity index (χ1n) is 8.61. The van der Waals surface area contributed by atoms with Crippen LogP contribution in [0.25, 0.3) is 11.1 Å². The number of unbranched alkanes of at least 4 members (excludes halogenated alkanes) is 2. The summed E-state index contributed by atoms with van der Waals surface area (Å²) in [6.45, 7) is 4.35. The number of aromatic carboxylic acids is 1. The fraction of sp³-hybridized carbons (Fsp3) is 0.381. The monoisotopic (exact) mass is 310 g/mol. The Balaban J connectivity index is 2.32. The summed E-state index contributed by atoms with van der Waals surface area (Å²) in [4.78, 5) is 11.5. The van der Waals surface area contributed by atoms with E-state index in [0.717, 1.165) is 36.8 Å². The number of carbonyl (C=O) groups is 1. The van der Waals surface area contributed by atoms with Crippen LogP contribution >= 0.6 is 0 Å². The number of hydrogen-bond acceptors (Lipinski definition) is 1. The average Bonchev–Trinajstić information content (AvgIpc) is 2.56. The Morgan fingerprint density at radius 3 is 2.17 bits per heavy atom. The van der Waals surface area contributed by atoms with Gasteiger partial charge in [0.15, 0.2) is 0 Å². The first-order chi connectivity index (χ1) is 11.2. The molecule has 122 valence electrons. The molecule has 0 aromatic heterocycles. The fourth-order valence-corrected chi connectivity index (χ4v) is 2.89. The summed E-state index contributed by atoms with van der Waals surface area (Å²) in [5.41, 5.74) is 4.71. The summed E-state index contributed by atoms with van der Waals surface area (Å²) >= 11 is 0. The maximum atomic E-state index is 11.5. The van der Waals surface area contributed by atoms with Gasteiger partial charge in [-0.2, -0.15) is 0 Å². The van der Waals surface area contributed by atoms with E-state index in [1.54, 1.807) is 6.07 Å². The Bertz CT molecular complexity index is 641. The highest BCUT2D eigenvalue weighted by Gasteiger charge is 2.12. The third-order valence-corrected chi connectivity index (χ3v) is 4.19. The zero-order chi connectivity index (χ0) is 16.7. The minimum Gasteiger partial charge on any atom is -0.478 e. The van der Waals surface area contributed by atoms with Gasteiger partial charge in [0.1, 0.15) is 0 Å². The van der Waals surface area contributed by atoms with Crippen LogP contribution in [0, 0.1) is 0 Å². The van der Waals surface area contributed by atoms with Crippen LogP contribution in [-0.2, 0) is 12.8 Å². The van der Waals surface area contributed by atoms with Crippen molar-refractivity contribution in [3.05, 3.63) is 59.2 Å². The summed E-state index contributed by atoms with van der Waals surface area (Å²) < 4.78 is 0. The molecule has 2 nitrogen and oxygen atoms in total. The molecule has 0 saturated carbocycles. The zero-order valence-corrected chi connectivity index (χ0v) is 14.1. The predicted octanol–water partition coefficient (Wildman–Crippen LogP) is 5.74. The largest absolute Gasteiger partial charge is 0.478 e. The number of aryl methyl sites for hydroxylation is 2. The summed E-state index contributed by atoms with van der Waals surface area (Å²) in [5, 5.41) is 9.47. The minimum atomic E-state index is -0.863. The molecule has 23 heavy (non-hydrogen) atoms. The number of hydrogen-bond donors (Lipinski definition) is 1. The van der Waals surface area contributed by atoms with Gasteiger partial charge in [-0.25, -0.2) is 4.79 Å². The van der Waals surface area contributed by atoms with Crippen molar-refractivity contribution in [2.75, 3.05) is 0 Å². The number of carboxylic acids is 1. The molecule has 0 radical (unpaired) electrons. The van der Waals surface area contributed by atoms with E-state index in [2.05, 4.69) is 26.0 Å². The molecule has 0 spiro atoms. The molecule has 0 saturated heterocycles. The third-order valence-electron chi connectivity index (χ3n) is 4.19. The molecule has 0 fully saturated rings. The van der Waals surface area contributed by atoms with Gasteiger partial charge in [0, 0.05) is 0 Å². The molecule has 0 aliphatic heterocycles. The predicted molar refractivity (Wildman–Crippen MR) is 96.1 cm³/mol. The molecule has 2 heteroatoms. The summed E-state index contributed by atoms with van der Waals surface area (Å²) in [7, 11) is 0. The minimum absolute atomic E-state index is 0.382. The molecule has 0 bridgehead atoms. The Morgan fingerprint density at radius 2 is 1.57 bits per heavy atom. The van der Waals surface area contributed by atoms with Crippen molar-refractivity contribution in [1.29, 1.82) is 0 Å². The van der Waals surface area contributed by atoms with Crippen molar-refractivity contribution in [3.63, 3.8) is 0 Å². The van der Waals surface area contributed by atoms with Gasteiger partial charge in [-0.05, 0) is 47.6 Å². The van der Waals surface area contributed by atoms with Gasteiger partial charge < -0.3 is 5.11 Å². The van der Waals surface area contributed by atoms with Crippen molar-refractivity contribution in [1.82, 2.24) is 0 Å². The molecule has 2 rings (SSSR count). The van der Waals surface area contributed by atoms with Crippen molar-refractivity contribution in [2.24, 2.45) is 0 Å². The second-order valence-corrected chi connectivity index (χ2v) is 6.09. The smallest absolute Gasteiger partial charge is 0.336 e. The lowest BCUT2D eigenvalue weighted by Crippen LogP contribution is -2.01. The molecule has 2 aromatic carbocycles. The van der Waals surface area contributed by atoms with Gasteiger partial charge in [0.05, 0.1) is 5.56 Å². The molecule has 0 amide bonds. The lowest BCUT2D eigenvalue weighted by Gasteiger charge is -2.10. The van der Waals surface area contributed by atoms with Gasteiger partial charge in [-0.15, -0.1) is 0 Å². The lowest BCUT2D eigenvalue weighted by molar-refractivity contribution is 0.0697. The highest BCUT2D eigenvalue weighted by atomic mass is 16.4. The Labute approximate surface area is 139 Å². The van der Waals surface area contributed by atoms with Crippen molar-refractivity contribution < 1.29 is 9.90 Å². The maximum Gasteiger partial charge on any atom is 0.336 e. The van der Waals surface area contributed by atoms with E-state index in [0.29, 0.717) is 5.56 Å². The van der Waals surface area contributed by atoms with Crippen LogP contribution in [0.3, 0.4) is 0 Å². The molecule has 1 N–H and O–H groups in total. The summed E-state index contributed by atoms with van der Waals surface area (Å²) in [6.07, 6.45) is 6.74. The van der Waals surface area contributed by atoms with Gasteiger partial charge in [0.25, 0.3) is 0 Å². The van der Waals surface area contributed by atoms with Crippen molar-refractivity contribution in [3.8, 4) is 11.1 Å². The lowest BCUT2D eigenvalue weighted by atomic mass is 9.94. The first-order valence-corrected chi connectivity index (χ1v) is 8.61. The number of rotatable bonds is 8. The standard InChI is InChI=1S/C21H26O2/c1-3-5-6-8-17-11-14-19(21(22)23)20(15-17)18-12-9-16(7-4-2)10-13-18/h9-15H,3-8H2,1-2H3,(H,22,23). The van der Waals surface area contributed by atoms with Crippen LogP contribution in [0.5, 0.6) is 0 Å². The molecule has 0 aliphatic carbocycles. The van der Waals surface area contributed by atoms with E-state index >= 15 is 0 Å². The SMILES string of the molecule is CCCCCc1ccc(C(=O)O)c(-c2ccc(CCC)cc2)c1. The van der Waals surface area contributed by atoms with Crippen LogP contribution in [0.1, 0.15) is 61.0 Å². The Kier molecular flexibility index (Phi) is 6.40. The molecule has 0 heterocycles. The van der Waals surface area contributed by atoms with E-state index in [4.69, 9.17) is 0 Å². The van der Waals surface area contributed by atoms with Crippen molar-refractivity contribution in [2.45, 2.75) is 52.4 Å². The van der Waals surface area contributed by atoms with Gasteiger partial charge in [-0.3, -0.25) is 0 Å². The summed E-state index contributed by atoms with van der Waals surface area (Å²) in [6, 6.07) is 14.1. The molecule has 0 unspecified atom stereocenters. The van der Waals surface area contributed by atoms with Crippen LogP contribution < -0.4 is 0 Å². The van der Waals surface area contributed by atoms with Crippen LogP contribution in [-0.4, -0.2) is 11.1 Å². The van der Waals surface area contributed by atoms with E-state index in [9.17, 15) is 9.90 Å². The third kappa shape index (κ3) is 4.69. The second-order valence-electron chi connectivity index (χ2n) is 6.09. The number of carboxylic acid groups (broad SMARTS) is 1. The topological polar surface area (TPSA) is 37.3 Å². The van der Waals surface area contributed by atoms with Gasteiger partial charge >= 0.3 is 5.97 Å². The zero-order valence-electron chi connectivity index (χ0n) is 14.1. The Morgan fingerprint density at radius 1 is 0.870 bits per heavy atom. The molecule has 0 aliphatic rings. The summed E-state index contributed by atoms with van der Waals surface area (Å²) in [5.74, 6) is -0.863. The average molecular weight is 310 g/mol. The Hall–Kier alpha value is -2.09. The first kappa shape index (κ1) is 17.3. The quantitative estimate of drug-likeness (QED) is 0.631. The highest BCUT2D eigenvalue weighted by Crippen LogP contribution is 2.26. The van der Waals surface area contributed by atoms with Gasteiger partial charge in [0.2, 0.25) is 0 Å². The fourth-order valence-electron chi connectivity index (χ4n) is 2.89.